The molecule has 0 spiro atoms. The van der Waals surface area contributed by atoms with Gasteiger partial charge >= 0.3 is 0 Å². The second-order valence-electron chi connectivity index (χ2n) is 7.40. The molecule has 2 aromatic carbocycles. The van der Waals surface area contributed by atoms with E-state index in [1.54, 1.807) is 7.11 Å². The van der Waals surface area contributed by atoms with Gasteiger partial charge in [-0.2, -0.15) is 0 Å². The van der Waals surface area contributed by atoms with Crippen LogP contribution in [0, 0.1) is 0 Å². The molecule has 0 radical (unpaired) electrons. The third-order valence-corrected chi connectivity index (χ3v) is 5.50. The van der Waals surface area contributed by atoms with Crippen LogP contribution in [0.2, 0.25) is 0 Å². The molecule has 2 N–H and O–H groups in total. The summed E-state index contributed by atoms with van der Waals surface area (Å²) in [4.78, 5) is 5.48. The summed E-state index contributed by atoms with van der Waals surface area (Å²) in [6.45, 7) is -0.261. The van der Waals surface area contributed by atoms with Gasteiger partial charge in [-0.1, -0.05) is 29.4 Å². The average molecular weight is 383 g/mol. The van der Waals surface area contributed by atoms with Gasteiger partial charge < -0.3 is 24.5 Å². The lowest BCUT2D eigenvalue weighted by Crippen LogP contribution is -2.34. The molecule has 148 valence electrons. The molecule has 6 nitrogen and oxygen atoms in total. The van der Waals surface area contributed by atoms with Gasteiger partial charge in [0.05, 0.1) is 19.4 Å². The maximum Gasteiger partial charge on any atom is 0.168 e. The summed E-state index contributed by atoms with van der Waals surface area (Å²) in [5.41, 5.74) is 3.39. The van der Waals surface area contributed by atoms with Crippen molar-refractivity contribution in [1.82, 2.24) is 0 Å². The Balaban J connectivity index is 1.53. The molecule has 4 rings (SSSR count). The number of hydrogen-bond acceptors (Lipinski definition) is 6. The molecule has 1 aliphatic carbocycles. The Hall–Kier alpha value is -2.57. The molecule has 1 heterocycles. The van der Waals surface area contributed by atoms with Crippen molar-refractivity contribution >= 4 is 5.71 Å². The van der Waals surface area contributed by atoms with Crippen molar-refractivity contribution in [3.63, 3.8) is 0 Å². The van der Waals surface area contributed by atoms with Crippen molar-refractivity contribution in [2.24, 2.45) is 5.16 Å². The number of nitrogens with zero attached hydrogens (tertiary/aromatic N) is 1. The molecule has 0 saturated carbocycles. The molecule has 2 aliphatic rings. The van der Waals surface area contributed by atoms with Crippen LogP contribution in [-0.4, -0.2) is 48.0 Å². The summed E-state index contributed by atoms with van der Waals surface area (Å²) in [5.74, 6) is 1.34. The minimum atomic E-state index is -0.849. The van der Waals surface area contributed by atoms with Crippen LogP contribution in [0.5, 0.6) is 11.5 Å². The van der Waals surface area contributed by atoms with E-state index in [0.717, 1.165) is 24.1 Å². The average Bonchev–Trinajstić information content (AvgIpc) is 3.32. The molecular formula is C22H25NO5. The SMILES string of the molecule is COc1ccc(C2=NOC(CO)(CCO)C2)cc1OC1Cc2ccccc2C1. The van der Waals surface area contributed by atoms with Crippen LogP contribution in [0.4, 0.5) is 0 Å². The van der Waals surface area contributed by atoms with Gasteiger partial charge in [0.2, 0.25) is 0 Å². The number of aliphatic hydroxyl groups is 2. The fourth-order valence-electron chi connectivity index (χ4n) is 3.91. The van der Waals surface area contributed by atoms with E-state index in [1.165, 1.54) is 11.1 Å². The number of aliphatic hydroxyl groups excluding tert-OH is 2. The molecular weight excluding hydrogens is 358 g/mol. The minimum absolute atomic E-state index is 0.0641. The van der Waals surface area contributed by atoms with Gasteiger partial charge in [0.25, 0.3) is 0 Å². The third kappa shape index (κ3) is 3.57. The number of oxime groups is 1. The van der Waals surface area contributed by atoms with Crippen LogP contribution >= 0.6 is 0 Å². The Kier molecular flexibility index (Phi) is 5.24. The molecule has 0 bridgehead atoms. The van der Waals surface area contributed by atoms with E-state index in [-0.39, 0.29) is 19.3 Å². The van der Waals surface area contributed by atoms with Crippen LogP contribution in [0.15, 0.2) is 47.6 Å². The Morgan fingerprint density at radius 2 is 1.86 bits per heavy atom. The Morgan fingerprint density at radius 1 is 1.11 bits per heavy atom. The van der Waals surface area contributed by atoms with Crippen LogP contribution in [0.1, 0.15) is 29.5 Å². The number of fused-ring (bicyclic) bond motifs is 1. The lowest BCUT2D eigenvalue weighted by molar-refractivity contribution is -0.0697. The summed E-state index contributed by atoms with van der Waals surface area (Å²) >= 11 is 0. The number of hydrogen-bond donors (Lipinski definition) is 2. The standard InChI is InChI=1S/C22H25NO5/c1-26-20-7-6-17(19-13-22(14-25,8-9-24)28-23-19)12-21(20)27-18-10-15-4-2-3-5-16(15)11-18/h2-7,12,18,24-25H,8-11,13-14H2,1H3. The van der Waals surface area contributed by atoms with Crippen molar-refractivity contribution in [2.45, 2.75) is 37.4 Å². The molecule has 1 aliphatic heterocycles. The van der Waals surface area contributed by atoms with Gasteiger partial charge in [-0.25, -0.2) is 0 Å². The van der Waals surface area contributed by atoms with Crippen LogP contribution in [0.25, 0.3) is 0 Å². The quantitative estimate of drug-likeness (QED) is 0.768. The van der Waals surface area contributed by atoms with Gasteiger partial charge in [0.15, 0.2) is 17.1 Å². The summed E-state index contributed by atoms with van der Waals surface area (Å²) in [6, 6.07) is 14.1. The minimum Gasteiger partial charge on any atom is -0.493 e. The number of rotatable bonds is 7. The molecule has 0 saturated heterocycles. The predicted octanol–water partition coefficient (Wildman–Crippen LogP) is 2.48. The van der Waals surface area contributed by atoms with Gasteiger partial charge in [0.1, 0.15) is 6.10 Å². The van der Waals surface area contributed by atoms with E-state index in [4.69, 9.17) is 14.3 Å². The highest BCUT2D eigenvalue weighted by Crippen LogP contribution is 2.35. The Morgan fingerprint density at radius 3 is 2.50 bits per heavy atom. The predicted molar refractivity (Wildman–Crippen MR) is 105 cm³/mol. The summed E-state index contributed by atoms with van der Waals surface area (Å²) in [7, 11) is 1.62. The smallest absolute Gasteiger partial charge is 0.168 e. The van der Waals surface area contributed by atoms with Gasteiger partial charge in [-0.15, -0.1) is 0 Å². The summed E-state index contributed by atoms with van der Waals surface area (Å²) in [5, 5.41) is 23.1. The van der Waals surface area contributed by atoms with Crippen molar-refractivity contribution in [3.05, 3.63) is 59.2 Å². The van der Waals surface area contributed by atoms with Gasteiger partial charge in [0, 0.05) is 37.9 Å². The zero-order chi connectivity index (χ0) is 19.6. The fraction of sp³-hybridized carbons (Fsp3) is 0.409. The second kappa shape index (κ2) is 7.81. The third-order valence-electron chi connectivity index (χ3n) is 5.50. The number of methoxy groups -OCH3 is 1. The molecule has 6 heteroatoms. The second-order valence-corrected chi connectivity index (χ2v) is 7.40. The molecule has 0 amide bonds. The van der Waals surface area contributed by atoms with Crippen molar-refractivity contribution in [3.8, 4) is 11.5 Å². The van der Waals surface area contributed by atoms with Gasteiger partial charge in [-0.05, 0) is 29.3 Å². The molecule has 1 unspecified atom stereocenters. The van der Waals surface area contributed by atoms with Crippen LogP contribution in [-0.2, 0) is 17.7 Å². The van der Waals surface area contributed by atoms with E-state index in [9.17, 15) is 10.2 Å². The molecule has 2 aromatic rings. The summed E-state index contributed by atoms with van der Waals surface area (Å²) in [6.07, 6.45) is 2.57. The zero-order valence-electron chi connectivity index (χ0n) is 15.9. The first-order valence-electron chi connectivity index (χ1n) is 9.55. The van der Waals surface area contributed by atoms with Crippen molar-refractivity contribution < 1.29 is 24.5 Å². The van der Waals surface area contributed by atoms with E-state index >= 15 is 0 Å². The van der Waals surface area contributed by atoms with Crippen LogP contribution < -0.4 is 9.47 Å². The zero-order valence-corrected chi connectivity index (χ0v) is 15.9. The maximum atomic E-state index is 9.67. The monoisotopic (exact) mass is 383 g/mol. The lowest BCUT2D eigenvalue weighted by atomic mass is 9.92. The largest absolute Gasteiger partial charge is 0.493 e. The van der Waals surface area contributed by atoms with Crippen molar-refractivity contribution in [2.75, 3.05) is 20.3 Å². The lowest BCUT2D eigenvalue weighted by Gasteiger charge is -2.22. The van der Waals surface area contributed by atoms with E-state index in [1.807, 2.05) is 18.2 Å². The highest BCUT2D eigenvalue weighted by molar-refractivity contribution is 6.02. The maximum absolute atomic E-state index is 9.67. The van der Waals surface area contributed by atoms with E-state index < -0.39 is 5.60 Å². The normalized spacial score (nSPS) is 21.2. The van der Waals surface area contributed by atoms with E-state index in [0.29, 0.717) is 24.3 Å². The van der Waals surface area contributed by atoms with Crippen LogP contribution in [0.3, 0.4) is 0 Å². The molecule has 0 fully saturated rings. The topological polar surface area (TPSA) is 80.5 Å². The molecule has 28 heavy (non-hydrogen) atoms. The fourth-order valence-corrected chi connectivity index (χ4v) is 3.91. The Labute approximate surface area is 164 Å². The number of benzene rings is 2. The first-order chi connectivity index (χ1) is 13.7. The highest BCUT2D eigenvalue weighted by Gasteiger charge is 2.39. The Bertz CT molecular complexity index is 856. The first-order valence-corrected chi connectivity index (χ1v) is 9.55. The first kappa shape index (κ1) is 18.8. The number of ether oxygens (including phenoxy) is 2. The summed E-state index contributed by atoms with van der Waals surface area (Å²) < 4.78 is 11.8. The van der Waals surface area contributed by atoms with Crippen molar-refractivity contribution in [1.29, 1.82) is 0 Å². The molecule has 1 atom stereocenters. The molecule has 0 aromatic heterocycles. The van der Waals surface area contributed by atoms with E-state index in [2.05, 4.69) is 29.4 Å². The highest BCUT2D eigenvalue weighted by atomic mass is 16.7. The van der Waals surface area contributed by atoms with Gasteiger partial charge in [-0.3, -0.25) is 0 Å².